The molecule has 1 aliphatic rings. The van der Waals surface area contributed by atoms with Crippen molar-refractivity contribution in [2.45, 2.75) is 118 Å². The van der Waals surface area contributed by atoms with Crippen LogP contribution in [-0.2, 0) is 12.8 Å². The molecule has 2 aromatic carbocycles. The molecule has 3 rings (SSSR count). The van der Waals surface area contributed by atoms with Crippen molar-refractivity contribution in [2.75, 3.05) is 0 Å². The zero-order valence-corrected chi connectivity index (χ0v) is 24.0. The SMILES string of the molecule is CCCCCC=C1C(CCCCC)=C(c2cccc(CCCC)c2)[N+]([NH-])=C1c1cccc(CCCC)c1. The molecule has 0 aromatic heterocycles. The summed E-state index contributed by atoms with van der Waals surface area (Å²) < 4.78 is 1.78. The van der Waals surface area contributed by atoms with Gasteiger partial charge in [-0.1, -0.05) is 96.6 Å². The van der Waals surface area contributed by atoms with Crippen molar-refractivity contribution in [3.63, 3.8) is 0 Å². The zero-order chi connectivity index (χ0) is 26.5. The van der Waals surface area contributed by atoms with Crippen LogP contribution in [0.3, 0.4) is 0 Å². The Labute approximate surface area is 227 Å². The predicted octanol–water partition coefficient (Wildman–Crippen LogP) is 10.7. The predicted molar refractivity (Wildman–Crippen MR) is 162 cm³/mol. The highest BCUT2D eigenvalue weighted by atomic mass is 15.3. The molecule has 37 heavy (non-hydrogen) atoms. The van der Waals surface area contributed by atoms with Crippen LogP contribution in [-0.4, -0.2) is 10.4 Å². The van der Waals surface area contributed by atoms with Crippen LogP contribution in [0.25, 0.3) is 11.5 Å². The fraction of sp³-hybridized carbons (Fsp3) is 0.514. The molecule has 1 heterocycles. The van der Waals surface area contributed by atoms with Gasteiger partial charge >= 0.3 is 0 Å². The summed E-state index contributed by atoms with van der Waals surface area (Å²) in [5.41, 5.74) is 10.0. The summed E-state index contributed by atoms with van der Waals surface area (Å²) in [6.45, 7) is 9.06. The van der Waals surface area contributed by atoms with Gasteiger partial charge in [0.15, 0.2) is 0 Å². The van der Waals surface area contributed by atoms with Gasteiger partial charge in [0.05, 0.1) is 5.57 Å². The standard InChI is InChI=1S/C35H50N2/c1-5-9-13-15-25-33-32(24-14-10-6-2)34(30-22-16-20-28(26-30)18-11-7-3)37(36)35(33)31-23-17-21-29(27-31)19-12-8-4/h16-17,20-23,25-27,36H,5-15,18-19,24H2,1-4H3. The van der Waals surface area contributed by atoms with E-state index in [2.05, 4.69) is 82.3 Å². The van der Waals surface area contributed by atoms with E-state index in [1.165, 1.54) is 97.6 Å². The summed E-state index contributed by atoms with van der Waals surface area (Å²) >= 11 is 0. The average molecular weight is 499 g/mol. The number of rotatable bonds is 16. The molecule has 0 spiro atoms. The summed E-state index contributed by atoms with van der Waals surface area (Å²) in [6, 6.07) is 18.0. The molecule has 0 atom stereocenters. The van der Waals surface area contributed by atoms with E-state index in [1.54, 1.807) is 4.68 Å². The highest BCUT2D eigenvalue weighted by Crippen LogP contribution is 2.38. The maximum absolute atomic E-state index is 9.49. The van der Waals surface area contributed by atoms with E-state index in [-0.39, 0.29) is 0 Å². The summed E-state index contributed by atoms with van der Waals surface area (Å²) in [4.78, 5) is 0. The third-order valence-corrected chi connectivity index (χ3v) is 7.54. The largest absolute Gasteiger partial charge is 0.448 e. The molecule has 0 saturated heterocycles. The first-order chi connectivity index (χ1) is 18.1. The molecule has 0 radical (unpaired) electrons. The van der Waals surface area contributed by atoms with E-state index in [0.29, 0.717) is 0 Å². The lowest BCUT2D eigenvalue weighted by molar-refractivity contribution is -0.347. The van der Waals surface area contributed by atoms with Gasteiger partial charge in [0.25, 0.3) is 0 Å². The van der Waals surface area contributed by atoms with Crippen molar-refractivity contribution in [3.8, 4) is 0 Å². The summed E-state index contributed by atoms with van der Waals surface area (Å²) in [5, 5.41) is 0. The number of nitrogens with zero attached hydrogens (tertiary/aromatic N) is 1. The second-order valence-electron chi connectivity index (χ2n) is 10.7. The van der Waals surface area contributed by atoms with Gasteiger partial charge < -0.3 is 5.84 Å². The topological polar surface area (TPSA) is 26.8 Å². The molecule has 0 unspecified atom stereocenters. The number of unbranched alkanes of at least 4 members (excludes halogenated alkanes) is 7. The summed E-state index contributed by atoms with van der Waals surface area (Å²) in [7, 11) is 0. The normalized spacial score (nSPS) is 14.9. The molecule has 2 nitrogen and oxygen atoms in total. The lowest BCUT2D eigenvalue weighted by atomic mass is 9.90. The molecular formula is C35H50N2. The van der Waals surface area contributed by atoms with Crippen LogP contribution in [0.1, 0.15) is 127 Å². The lowest BCUT2D eigenvalue weighted by Crippen LogP contribution is -2.12. The van der Waals surface area contributed by atoms with Crippen LogP contribution in [0.5, 0.6) is 0 Å². The molecule has 0 bridgehead atoms. The van der Waals surface area contributed by atoms with Gasteiger partial charge in [-0.15, -0.1) is 0 Å². The highest BCUT2D eigenvalue weighted by molar-refractivity contribution is 6.16. The van der Waals surface area contributed by atoms with Crippen LogP contribution in [0.2, 0.25) is 0 Å². The molecule has 0 aliphatic carbocycles. The van der Waals surface area contributed by atoms with Gasteiger partial charge in [-0.3, -0.25) is 0 Å². The molecule has 1 N–H and O–H groups in total. The maximum atomic E-state index is 9.49. The second kappa shape index (κ2) is 15.6. The Kier molecular flexibility index (Phi) is 12.2. The minimum Gasteiger partial charge on any atom is -0.448 e. The van der Waals surface area contributed by atoms with Gasteiger partial charge in [-0.2, -0.15) is 0 Å². The van der Waals surface area contributed by atoms with Crippen LogP contribution in [0, 0.1) is 0 Å². The number of benzene rings is 2. The summed E-state index contributed by atoms with van der Waals surface area (Å²) in [6.07, 6.45) is 18.9. The van der Waals surface area contributed by atoms with E-state index in [9.17, 15) is 5.84 Å². The third kappa shape index (κ3) is 7.94. The fourth-order valence-corrected chi connectivity index (χ4v) is 5.40. The van der Waals surface area contributed by atoms with Gasteiger partial charge in [-0.05, 0) is 86.8 Å². The van der Waals surface area contributed by atoms with E-state index in [1.807, 2.05) is 0 Å². The van der Waals surface area contributed by atoms with E-state index in [4.69, 9.17) is 0 Å². The molecule has 0 fully saturated rings. The number of hydrogen-bond acceptors (Lipinski definition) is 0. The van der Waals surface area contributed by atoms with Crippen LogP contribution < -0.4 is 0 Å². The number of aryl methyl sites for hydroxylation is 2. The van der Waals surface area contributed by atoms with Crippen LogP contribution >= 0.6 is 0 Å². The van der Waals surface area contributed by atoms with E-state index < -0.39 is 0 Å². The molecular weight excluding hydrogens is 448 g/mol. The van der Waals surface area contributed by atoms with Gasteiger partial charge in [0.2, 0.25) is 11.4 Å². The Bertz CT molecular complexity index is 1090. The van der Waals surface area contributed by atoms with Crippen molar-refractivity contribution < 1.29 is 4.68 Å². The van der Waals surface area contributed by atoms with Crippen molar-refractivity contribution in [3.05, 3.63) is 93.8 Å². The van der Waals surface area contributed by atoms with E-state index in [0.717, 1.165) is 37.1 Å². The number of nitrogens with one attached hydrogen (secondary N) is 1. The molecule has 2 heteroatoms. The Morgan fingerprint density at radius 1 is 0.649 bits per heavy atom. The Balaban J connectivity index is 2.14. The van der Waals surface area contributed by atoms with E-state index >= 15 is 0 Å². The van der Waals surface area contributed by atoms with Crippen LogP contribution in [0.15, 0.2) is 65.8 Å². The molecule has 1 aliphatic heterocycles. The lowest BCUT2D eigenvalue weighted by Gasteiger charge is -2.10. The van der Waals surface area contributed by atoms with Crippen LogP contribution in [0.4, 0.5) is 0 Å². The van der Waals surface area contributed by atoms with Gasteiger partial charge in [0, 0.05) is 16.7 Å². The first-order valence-electron chi connectivity index (χ1n) is 15.1. The smallest absolute Gasteiger partial charge is 0.215 e. The van der Waals surface area contributed by atoms with Gasteiger partial charge in [0.1, 0.15) is 0 Å². The first kappa shape index (κ1) is 29.0. The highest BCUT2D eigenvalue weighted by Gasteiger charge is 2.35. The average Bonchev–Trinajstić information content (AvgIpc) is 3.19. The fourth-order valence-electron chi connectivity index (χ4n) is 5.40. The second-order valence-corrected chi connectivity index (χ2v) is 10.7. The molecule has 0 saturated carbocycles. The van der Waals surface area contributed by atoms with Crippen molar-refractivity contribution in [1.29, 1.82) is 0 Å². The minimum absolute atomic E-state index is 1.04. The quantitative estimate of drug-likeness (QED) is 0.162. The maximum Gasteiger partial charge on any atom is 0.215 e. The Morgan fingerprint density at radius 2 is 1.22 bits per heavy atom. The monoisotopic (exact) mass is 498 g/mol. The molecule has 0 amide bonds. The molecule has 200 valence electrons. The van der Waals surface area contributed by atoms with Gasteiger partial charge in [-0.25, -0.2) is 4.68 Å². The number of allylic oxidation sites excluding steroid dienone is 3. The number of hydrogen-bond donors (Lipinski definition) is 0. The first-order valence-corrected chi connectivity index (χ1v) is 15.1. The molecule has 2 aromatic rings. The Morgan fingerprint density at radius 3 is 1.84 bits per heavy atom. The van der Waals surface area contributed by atoms with Crippen molar-refractivity contribution in [2.24, 2.45) is 0 Å². The van der Waals surface area contributed by atoms with Crippen molar-refractivity contribution in [1.82, 2.24) is 0 Å². The zero-order valence-electron chi connectivity index (χ0n) is 24.0. The third-order valence-electron chi connectivity index (χ3n) is 7.54. The Hall–Kier alpha value is -2.61. The van der Waals surface area contributed by atoms with Crippen molar-refractivity contribution >= 4 is 11.4 Å². The minimum atomic E-state index is 1.04. The summed E-state index contributed by atoms with van der Waals surface area (Å²) in [5.74, 6) is 9.49.